The fourth-order valence-corrected chi connectivity index (χ4v) is 1.13. The standard InChI is InChI=1S/C10H7ClOS/c11-10-4-3-9(7-12)8(6-10)2-1-5-13/h3-4,6-7,13H,5H2. The maximum atomic E-state index is 10.6. The smallest absolute Gasteiger partial charge is 0.151 e. The van der Waals surface area contributed by atoms with Gasteiger partial charge in [0.1, 0.15) is 0 Å². The van der Waals surface area contributed by atoms with E-state index >= 15 is 0 Å². The topological polar surface area (TPSA) is 17.1 Å². The lowest BCUT2D eigenvalue weighted by Gasteiger charge is -1.96. The molecule has 0 unspecified atom stereocenters. The zero-order valence-electron chi connectivity index (χ0n) is 6.75. The van der Waals surface area contributed by atoms with Crippen LogP contribution in [0.3, 0.4) is 0 Å². The summed E-state index contributed by atoms with van der Waals surface area (Å²) >= 11 is 9.70. The molecule has 1 aromatic rings. The van der Waals surface area contributed by atoms with E-state index < -0.39 is 0 Å². The van der Waals surface area contributed by atoms with Gasteiger partial charge in [-0.05, 0) is 18.2 Å². The Balaban J connectivity index is 3.15. The molecule has 0 heterocycles. The van der Waals surface area contributed by atoms with E-state index in [2.05, 4.69) is 24.5 Å². The molecule has 1 nitrogen and oxygen atoms in total. The molecule has 0 saturated carbocycles. The highest BCUT2D eigenvalue weighted by Gasteiger charge is 1.98. The molecule has 13 heavy (non-hydrogen) atoms. The van der Waals surface area contributed by atoms with Crippen LogP contribution in [-0.2, 0) is 0 Å². The molecule has 66 valence electrons. The molecule has 0 atom stereocenters. The van der Waals surface area contributed by atoms with Crippen LogP contribution in [0.4, 0.5) is 0 Å². The third kappa shape index (κ3) is 2.80. The number of aldehydes is 1. The van der Waals surface area contributed by atoms with E-state index in [1.165, 1.54) is 0 Å². The normalized spacial score (nSPS) is 8.77. The number of carbonyl (C=O) groups is 1. The van der Waals surface area contributed by atoms with E-state index in [4.69, 9.17) is 11.6 Å². The minimum Gasteiger partial charge on any atom is -0.298 e. The fourth-order valence-electron chi connectivity index (χ4n) is 0.874. The molecule has 3 heteroatoms. The lowest BCUT2D eigenvalue weighted by molar-refractivity contribution is 0.112. The number of benzene rings is 1. The second-order valence-electron chi connectivity index (χ2n) is 2.31. The van der Waals surface area contributed by atoms with Crippen molar-refractivity contribution in [2.24, 2.45) is 0 Å². The van der Waals surface area contributed by atoms with Crippen molar-refractivity contribution in [1.82, 2.24) is 0 Å². The monoisotopic (exact) mass is 210 g/mol. The van der Waals surface area contributed by atoms with Gasteiger partial charge in [0.25, 0.3) is 0 Å². The van der Waals surface area contributed by atoms with E-state index in [1.54, 1.807) is 18.2 Å². The molecule has 0 saturated heterocycles. The Morgan fingerprint density at radius 2 is 2.31 bits per heavy atom. The Morgan fingerprint density at radius 3 is 2.92 bits per heavy atom. The van der Waals surface area contributed by atoms with Crippen LogP contribution in [0.25, 0.3) is 0 Å². The number of thiol groups is 1. The molecule has 0 aliphatic heterocycles. The largest absolute Gasteiger partial charge is 0.298 e. The van der Waals surface area contributed by atoms with Crippen molar-refractivity contribution >= 4 is 30.5 Å². The Labute approximate surface area is 87.5 Å². The Bertz CT molecular complexity index is 376. The van der Waals surface area contributed by atoms with Crippen LogP contribution in [0.5, 0.6) is 0 Å². The fraction of sp³-hybridized carbons (Fsp3) is 0.100. The van der Waals surface area contributed by atoms with Gasteiger partial charge >= 0.3 is 0 Å². The van der Waals surface area contributed by atoms with Crippen LogP contribution in [-0.4, -0.2) is 12.0 Å². The van der Waals surface area contributed by atoms with Gasteiger partial charge in [0.05, 0.1) is 5.75 Å². The molecule has 0 radical (unpaired) electrons. The van der Waals surface area contributed by atoms with Crippen molar-refractivity contribution in [3.05, 3.63) is 34.3 Å². The minimum absolute atomic E-state index is 0.463. The average Bonchev–Trinajstić information content (AvgIpc) is 2.15. The molecule has 0 fully saturated rings. The van der Waals surface area contributed by atoms with Crippen LogP contribution < -0.4 is 0 Å². The first-order valence-corrected chi connectivity index (χ1v) is 4.63. The van der Waals surface area contributed by atoms with E-state index in [9.17, 15) is 4.79 Å². The Hall–Kier alpha value is -0.910. The molecule has 1 aromatic carbocycles. The van der Waals surface area contributed by atoms with Crippen LogP contribution in [0, 0.1) is 11.8 Å². The van der Waals surface area contributed by atoms with Gasteiger partial charge in [-0.3, -0.25) is 4.79 Å². The van der Waals surface area contributed by atoms with Crippen molar-refractivity contribution in [2.75, 3.05) is 5.75 Å². The summed E-state index contributed by atoms with van der Waals surface area (Å²) < 4.78 is 0. The maximum absolute atomic E-state index is 10.6. The molecular formula is C10H7ClOS. The van der Waals surface area contributed by atoms with Gasteiger partial charge in [0.2, 0.25) is 0 Å². The number of rotatable bonds is 1. The zero-order chi connectivity index (χ0) is 9.68. The molecule has 1 rings (SSSR count). The average molecular weight is 211 g/mol. The van der Waals surface area contributed by atoms with Crippen molar-refractivity contribution in [3.8, 4) is 11.8 Å². The Morgan fingerprint density at radius 1 is 1.54 bits per heavy atom. The third-order valence-corrected chi connectivity index (χ3v) is 1.84. The molecule has 0 spiro atoms. The second-order valence-corrected chi connectivity index (χ2v) is 3.06. The van der Waals surface area contributed by atoms with Crippen molar-refractivity contribution < 1.29 is 4.79 Å². The molecule has 0 bridgehead atoms. The van der Waals surface area contributed by atoms with Gasteiger partial charge < -0.3 is 0 Å². The quantitative estimate of drug-likeness (QED) is 0.428. The zero-order valence-corrected chi connectivity index (χ0v) is 8.40. The Kier molecular flexibility index (Phi) is 3.88. The van der Waals surface area contributed by atoms with Gasteiger partial charge in [-0.15, -0.1) is 0 Å². The highest BCUT2D eigenvalue weighted by molar-refractivity contribution is 7.80. The van der Waals surface area contributed by atoms with E-state index in [-0.39, 0.29) is 0 Å². The van der Waals surface area contributed by atoms with Crippen molar-refractivity contribution in [2.45, 2.75) is 0 Å². The van der Waals surface area contributed by atoms with Crippen LogP contribution in [0.15, 0.2) is 18.2 Å². The summed E-state index contributed by atoms with van der Waals surface area (Å²) in [6.45, 7) is 0. The summed E-state index contributed by atoms with van der Waals surface area (Å²) in [5.41, 5.74) is 1.20. The SMILES string of the molecule is O=Cc1ccc(Cl)cc1C#CCS. The predicted molar refractivity (Wildman–Crippen MR) is 57.6 cm³/mol. The van der Waals surface area contributed by atoms with E-state index in [0.717, 1.165) is 6.29 Å². The molecule has 0 aliphatic carbocycles. The van der Waals surface area contributed by atoms with Crippen LogP contribution in [0.1, 0.15) is 15.9 Å². The van der Waals surface area contributed by atoms with Gasteiger partial charge in [-0.2, -0.15) is 12.6 Å². The van der Waals surface area contributed by atoms with Gasteiger partial charge in [0.15, 0.2) is 6.29 Å². The lowest BCUT2D eigenvalue weighted by Crippen LogP contribution is -1.86. The van der Waals surface area contributed by atoms with Gasteiger partial charge in [0, 0.05) is 16.1 Å². The second kappa shape index (κ2) is 4.96. The number of halogens is 1. The molecule has 0 aliphatic rings. The first kappa shape index (κ1) is 10.2. The van der Waals surface area contributed by atoms with Crippen molar-refractivity contribution in [1.29, 1.82) is 0 Å². The number of hydrogen-bond acceptors (Lipinski definition) is 2. The van der Waals surface area contributed by atoms with Gasteiger partial charge in [-0.25, -0.2) is 0 Å². The van der Waals surface area contributed by atoms with Crippen LogP contribution >= 0.6 is 24.2 Å². The molecule has 0 N–H and O–H groups in total. The summed E-state index contributed by atoms with van der Waals surface area (Å²) in [6, 6.07) is 4.98. The molecule has 0 amide bonds. The van der Waals surface area contributed by atoms with E-state index in [1.807, 2.05) is 0 Å². The maximum Gasteiger partial charge on any atom is 0.151 e. The minimum atomic E-state index is 0.463. The van der Waals surface area contributed by atoms with Crippen molar-refractivity contribution in [3.63, 3.8) is 0 Å². The van der Waals surface area contributed by atoms with E-state index in [0.29, 0.717) is 21.9 Å². The third-order valence-electron chi connectivity index (χ3n) is 1.44. The van der Waals surface area contributed by atoms with Crippen LogP contribution in [0.2, 0.25) is 5.02 Å². The first-order valence-electron chi connectivity index (χ1n) is 3.62. The predicted octanol–water partition coefficient (Wildman–Crippen LogP) is 2.43. The number of hydrogen-bond donors (Lipinski definition) is 1. The number of carbonyl (C=O) groups excluding carboxylic acids is 1. The molecule has 0 aromatic heterocycles. The first-order chi connectivity index (χ1) is 6.27. The molecular weight excluding hydrogens is 204 g/mol. The van der Waals surface area contributed by atoms with Gasteiger partial charge in [-0.1, -0.05) is 23.4 Å². The highest BCUT2D eigenvalue weighted by Crippen LogP contribution is 2.13. The summed E-state index contributed by atoms with van der Waals surface area (Å²) in [6.07, 6.45) is 0.763. The lowest BCUT2D eigenvalue weighted by atomic mass is 10.1. The summed E-state index contributed by atoms with van der Waals surface area (Å²) in [7, 11) is 0. The summed E-state index contributed by atoms with van der Waals surface area (Å²) in [4.78, 5) is 10.6. The summed E-state index contributed by atoms with van der Waals surface area (Å²) in [5.74, 6) is 6.04. The summed E-state index contributed by atoms with van der Waals surface area (Å²) in [5, 5.41) is 0.578. The highest BCUT2D eigenvalue weighted by atomic mass is 35.5.